The van der Waals surface area contributed by atoms with Crippen LogP contribution in [0.3, 0.4) is 0 Å². The van der Waals surface area contributed by atoms with Crippen LogP contribution in [-0.4, -0.2) is 24.2 Å². The van der Waals surface area contributed by atoms with Gasteiger partial charge in [-0.3, -0.25) is 4.79 Å². The molecule has 0 saturated heterocycles. The molecule has 1 rings (SSSR count). The summed E-state index contributed by atoms with van der Waals surface area (Å²) in [4.78, 5) is 12.0. The summed E-state index contributed by atoms with van der Waals surface area (Å²) in [6.45, 7) is 3.37. The van der Waals surface area contributed by atoms with Gasteiger partial charge in [-0.2, -0.15) is 13.2 Å². The molecule has 0 spiro atoms. The number of alkyl halides is 3. The third-order valence-electron chi connectivity index (χ3n) is 3.10. The van der Waals surface area contributed by atoms with Crippen LogP contribution in [-0.2, 0) is 16.4 Å². The minimum atomic E-state index is -4.43. The number of hydrogen-bond donors (Lipinski definition) is 2. The molecule has 0 atom stereocenters. The van der Waals surface area contributed by atoms with Crippen molar-refractivity contribution in [3.8, 4) is 0 Å². The monoisotopic (exact) mass is 289 g/mol. The summed E-state index contributed by atoms with van der Waals surface area (Å²) in [5, 5.41) is 11.2. The molecule has 1 amide bonds. The number of carbonyl (C=O) groups is 1. The summed E-state index contributed by atoms with van der Waals surface area (Å²) < 4.78 is 38.0. The first-order valence-corrected chi connectivity index (χ1v) is 6.26. The number of halogens is 3. The van der Waals surface area contributed by atoms with Crippen LogP contribution < -0.4 is 5.32 Å². The fourth-order valence-electron chi connectivity index (χ4n) is 1.72. The summed E-state index contributed by atoms with van der Waals surface area (Å²) in [6.07, 6.45) is -4.02. The van der Waals surface area contributed by atoms with Gasteiger partial charge in [0.25, 0.3) is 0 Å². The third kappa shape index (κ3) is 3.96. The molecule has 0 bridgehead atoms. The maximum Gasteiger partial charge on any atom is 0.416 e. The lowest BCUT2D eigenvalue weighted by Gasteiger charge is -2.25. The van der Waals surface area contributed by atoms with Crippen LogP contribution in [0.25, 0.3) is 0 Å². The lowest BCUT2D eigenvalue weighted by molar-refractivity contribution is -0.138. The molecule has 0 aliphatic carbocycles. The fraction of sp³-hybridized carbons (Fsp3) is 0.500. The normalized spacial score (nSPS) is 12.3. The van der Waals surface area contributed by atoms with Gasteiger partial charge in [0, 0.05) is 13.2 Å². The molecule has 0 heterocycles. The van der Waals surface area contributed by atoms with E-state index < -0.39 is 17.2 Å². The van der Waals surface area contributed by atoms with E-state index in [4.69, 9.17) is 5.11 Å². The van der Waals surface area contributed by atoms with E-state index >= 15 is 0 Å². The molecule has 2 N–H and O–H groups in total. The fourth-order valence-corrected chi connectivity index (χ4v) is 1.72. The zero-order valence-corrected chi connectivity index (χ0v) is 11.4. The maximum atomic E-state index is 12.7. The molecule has 1 aromatic carbocycles. The first-order valence-electron chi connectivity index (χ1n) is 6.26. The van der Waals surface area contributed by atoms with Crippen molar-refractivity contribution in [2.75, 3.05) is 13.2 Å². The van der Waals surface area contributed by atoms with Gasteiger partial charge in [-0.25, -0.2) is 0 Å². The summed E-state index contributed by atoms with van der Waals surface area (Å²) >= 11 is 0. The Bertz CT molecular complexity index is 470. The number of rotatable bonds is 5. The third-order valence-corrected chi connectivity index (χ3v) is 3.10. The molecule has 6 heteroatoms. The van der Waals surface area contributed by atoms with Crippen LogP contribution in [0.1, 0.15) is 31.4 Å². The maximum absolute atomic E-state index is 12.7. The highest BCUT2D eigenvalue weighted by molar-refractivity contribution is 5.87. The van der Waals surface area contributed by atoms with Crippen molar-refractivity contribution >= 4 is 5.91 Å². The lowest BCUT2D eigenvalue weighted by Crippen LogP contribution is -2.40. The number of carbonyl (C=O) groups excluding carboxylic acids is 1. The Morgan fingerprint density at radius 3 is 2.40 bits per heavy atom. The average molecular weight is 289 g/mol. The molecule has 0 radical (unpaired) electrons. The van der Waals surface area contributed by atoms with Crippen LogP contribution in [0.2, 0.25) is 0 Å². The quantitative estimate of drug-likeness (QED) is 0.818. The number of aliphatic hydroxyl groups excluding tert-OH is 1. The molecular weight excluding hydrogens is 271 g/mol. The first-order chi connectivity index (χ1) is 9.19. The molecular formula is C14H18F3NO2. The van der Waals surface area contributed by atoms with Gasteiger partial charge in [0.05, 0.1) is 11.0 Å². The molecule has 0 unspecified atom stereocenters. The number of hydrogen-bond acceptors (Lipinski definition) is 2. The van der Waals surface area contributed by atoms with Crippen molar-refractivity contribution in [2.24, 2.45) is 0 Å². The van der Waals surface area contributed by atoms with Gasteiger partial charge < -0.3 is 10.4 Å². The van der Waals surface area contributed by atoms with Crippen LogP contribution >= 0.6 is 0 Å². The van der Waals surface area contributed by atoms with Gasteiger partial charge in [0.2, 0.25) is 5.91 Å². The molecule has 0 saturated carbocycles. The second kappa shape index (κ2) is 6.26. The standard InChI is InChI=1S/C14H18F3NO2/c1-13(2,12(20)18-7-4-8-19)10-5-3-6-11(9-10)14(15,16)17/h3,5-6,9,19H,4,7-8H2,1-2H3,(H,18,20). The van der Waals surface area contributed by atoms with Crippen LogP contribution in [0.4, 0.5) is 13.2 Å². The zero-order chi connectivity index (χ0) is 15.4. The van der Waals surface area contributed by atoms with E-state index in [-0.39, 0.29) is 19.1 Å². The molecule has 0 aromatic heterocycles. The summed E-state index contributed by atoms with van der Waals surface area (Å²) in [5.74, 6) is -0.370. The molecule has 20 heavy (non-hydrogen) atoms. The molecule has 3 nitrogen and oxygen atoms in total. The van der Waals surface area contributed by atoms with E-state index in [2.05, 4.69) is 5.32 Å². The SMILES string of the molecule is CC(C)(C(=O)NCCCO)c1cccc(C(F)(F)F)c1. The van der Waals surface area contributed by atoms with Crippen molar-refractivity contribution in [3.05, 3.63) is 35.4 Å². The van der Waals surface area contributed by atoms with Gasteiger partial charge in [-0.15, -0.1) is 0 Å². The minimum Gasteiger partial charge on any atom is -0.396 e. The number of aliphatic hydroxyl groups is 1. The highest BCUT2D eigenvalue weighted by Gasteiger charge is 2.34. The molecule has 0 aliphatic rings. The van der Waals surface area contributed by atoms with E-state index in [9.17, 15) is 18.0 Å². The van der Waals surface area contributed by atoms with Gasteiger partial charge >= 0.3 is 6.18 Å². The Labute approximate surface area is 115 Å². The van der Waals surface area contributed by atoms with Gasteiger partial charge in [0.1, 0.15) is 0 Å². The predicted octanol–water partition coefficient (Wildman–Crippen LogP) is 2.48. The summed E-state index contributed by atoms with van der Waals surface area (Å²) in [6, 6.07) is 4.76. The molecule has 0 fully saturated rings. The van der Waals surface area contributed by atoms with Crippen molar-refractivity contribution < 1.29 is 23.1 Å². The average Bonchev–Trinajstić information content (AvgIpc) is 2.38. The van der Waals surface area contributed by atoms with Crippen molar-refractivity contribution in [1.29, 1.82) is 0 Å². The van der Waals surface area contributed by atoms with Gasteiger partial charge in [0.15, 0.2) is 0 Å². The second-order valence-corrected chi connectivity index (χ2v) is 5.04. The van der Waals surface area contributed by atoms with E-state index in [0.717, 1.165) is 12.1 Å². The van der Waals surface area contributed by atoms with Crippen LogP contribution in [0, 0.1) is 0 Å². The largest absolute Gasteiger partial charge is 0.416 e. The Morgan fingerprint density at radius 1 is 1.25 bits per heavy atom. The molecule has 112 valence electrons. The smallest absolute Gasteiger partial charge is 0.396 e. The first kappa shape index (κ1) is 16.5. The second-order valence-electron chi connectivity index (χ2n) is 5.04. The van der Waals surface area contributed by atoms with E-state index in [1.807, 2.05) is 0 Å². The van der Waals surface area contributed by atoms with E-state index in [1.54, 1.807) is 13.8 Å². The minimum absolute atomic E-state index is 0.0513. The van der Waals surface area contributed by atoms with Crippen molar-refractivity contribution in [2.45, 2.75) is 31.9 Å². The highest BCUT2D eigenvalue weighted by atomic mass is 19.4. The van der Waals surface area contributed by atoms with E-state index in [1.165, 1.54) is 12.1 Å². The Balaban J connectivity index is 2.94. The zero-order valence-electron chi connectivity index (χ0n) is 11.4. The van der Waals surface area contributed by atoms with Crippen molar-refractivity contribution in [3.63, 3.8) is 0 Å². The number of nitrogens with one attached hydrogen (secondary N) is 1. The Hall–Kier alpha value is -1.56. The van der Waals surface area contributed by atoms with Crippen LogP contribution in [0.5, 0.6) is 0 Å². The topological polar surface area (TPSA) is 49.3 Å². The Kier molecular flexibility index (Phi) is 5.16. The van der Waals surface area contributed by atoms with Gasteiger partial charge in [-0.1, -0.05) is 18.2 Å². The summed E-state index contributed by atoms with van der Waals surface area (Å²) in [7, 11) is 0. The number of amides is 1. The van der Waals surface area contributed by atoms with Crippen molar-refractivity contribution in [1.82, 2.24) is 5.32 Å². The lowest BCUT2D eigenvalue weighted by atomic mass is 9.83. The number of benzene rings is 1. The van der Waals surface area contributed by atoms with E-state index in [0.29, 0.717) is 12.0 Å². The Morgan fingerprint density at radius 2 is 1.85 bits per heavy atom. The highest BCUT2D eigenvalue weighted by Crippen LogP contribution is 2.32. The molecule has 0 aliphatic heterocycles. The predicted molar refractivity (Wildman–Crippen MR) is 69.2 cm³/mol. The molecule has 1 aromatic rings. The van der Waals surface area contributed by atoms with Crippen LogP contribution in [0.15, 0.2) is 24.3 Å². The van der Waals surface area contributed by atoms with Gasteiger partial charge in [-0.05, 0) is 31.9 Å². The summed E-state index contributed by atoms with van der Waals surface area (Å²) in [5.41, 5.74) is -1.54.